The summed E-state index contributed by atoms with van der Waals surface area (Å²) in [5.41, 5.74) is 5.45. The van der Waals surface area contributed by atoms with Crippen LogP contribution in [0, 0.1) is 0 Å². The number of para-hydroxylation sites is 1. The van der Waals surface area contributed by atoms with Crippen LogP contribution in [0.1, 0.15) is 17.7 Å². The molecule has 0 aliphatic heterocycles. The Morgan fingerprint density at radius 2 is 2.00 bits per heavy atom. The van der Waals surface area contributed by atoms with Crippen molar-refractivity contribution >= 4 is 11.4 Å². The van der Waals surface area contributed by atoms with Gasteiger partial charge in [0.05, 0.1) is 6.20 Å². The van der Waals surface area contributed by atoms with Crippen LogP contribution in [0.4, 0.5) is 11.4 Å². The molecule has 21 heavy (non-hydrogen) atoms. The molecule has 0 saturated heterocycles. The van der Waals surface area contributed by atoms with Gasteiger partial charge in [-0.05, 0) is 43.0 Å². The monoisotopic (exact) mass is 277 g/mol. The van der Waals surface area contributed by atoms with Gasteiger partial charge in [-0.1, -0.05) is 18.2 Å². The van der Waals surface area contributed by atoms with E-state index in [0.717, 1.165) is 42.0 Å². The van der Waals surface area contributed by atoms with Gasteiger partial charge in [-0.25, -0.2) is 9.97 Å². The van der Waals surface area contributed by atoms with Gasteiger partial charge >= 0.3 is 0 Å². The fraction of sp³-hybridized carbons (Fsp3) is 0.176. The van der Waals surface area contributed by atoms with Gasteiger partial charge < -0.3 is 9.73 Å². The molecule has 1 aliphatic rings. The van der Waals surface area contributed by atoms with Crippen molar-refractivity contribution in [1.82, 2.24) is 9.97 Å². The predicted octanol–water partition coefficient (Wildman–Crippen LogP) is 3.97. The van der Waals surface area contributed by atoms with Crippen molar-refractivity contribution in [2.75, 3.05) is 5.32 Å². The second kappa shape index (κ2) is 5.05. The number of pyridine rings is 1. The van der Waals surface area contributed by atoms with Gasteiger partial charge in [0.2, 0.25) is 5.89 Å². The number of fused-ring (bicyclic) bond motifs is 1. The highest BCUT2D eigenvalue weighted by atomic mass is 16.3. The number of hydrogen-bond acceptors (Lipinski definition) is 4. The molecular weight excluding hydrogens is 262 g/mol. The van der Waals surface area contributed by atoms with Crippen LogP contribution in [0.3, 0.4) is 0 Å². The zero-order valence-electron chi connectivity index (χ0n) is 11.5. The zero-order valence-corrected chi connectivity index (χ0v) is 11.5. The topological polar surface area (TPSA) is 51.0 Å². The van der Waals surface area contributed by atoms with Crippen molar-refractivity contribution < 1.29 is 4.42 Å². The Hall–Kier alpha value is -2.62. The van der Waals surface area contributed by atoms with Gasteiger partial charge in [0.1, 0.15) is 12.0 Å². The lowest BCUT2D eigenvalue weighted by atomic mass is 10.1. The van der Waals surface area contributed by atoms with E-state index < -0.39 is 0 Å². The minimum Gasteiger partial charge on any atom is -0.443 e. The first-order chi connectivity index (χ1) is 10.4. The second-order valence-corrected chi connectivity index (χ2v) is 5.16. The average molecular weight is 277 g/mol. The molecule has 1 aromatic carbocycles. The van der Waals surface area contributed by atoms with Crippen LogP contribution in [-0.2, 0) is 12.8 Å². The fourth-order valence-electron chi connectivity index (χ4n) is 2.79. The van der Waals surface area contributed by atoms with E-state index in [1.807, 2.05) is 24.3 Å². The molecule has 0 atom stereocenters. The molecule has 4 rings (SSSR count). The number of aryl methyl sites for hydroxylation is 1. The number of nitrogens with one attached hydrogen (secondary N) is 1. The van der Waals surface area contributed by atoms with Crippen molar-refractivity contribution in [3.05, 3.63) is 60.1 Å². The van der Waals surface area contributed by atoms with E-state index in [2.05, 4.69) is 22.4 Å². The van der Waals surface area contributed by atoms with Crippen molar-refractivity contribution in [3.63, 3.8) is 0 Å². The molecule has 0 bridgehead atoms. The smallest absolute Gasteiger partial charge is 0.245 e. The number of nitrogens with zero attached hydrogens (tertiary/aromatic N) is 2. The molecule has 0 saturated carbocycles. The summed E-state index contributed by atoms with van der Waals surface area (Å²) in [7, 11) is 0. The maximum atomic E-state index is 5.38. The first-order valence-electron chi connectivity index (χ1n) is 7.15. The van der Waals surface area contributed by atoms with Crippen LogP contribution in [0.15, 0.2) is 53.3 Å². The molecule has 4 nitrogen and oxygen atoms in total. The van der Waals surface area contributed by atoms with Crippen LogP contribution in [0.5, 0.6) is 0 Å². The van der Waals surface area contributed by atoms with Crippen LogP contribution in [0.25, 0.3) is 11.6 Å². The van der Waals surface area contributed by atoms with E-state index in [1.165, 1.54) is 5.56 Å². The first kappa shape index (κ1) is 12.1. The maximum absolute atomic E-state index is 5.38. The third-order valence-electron chi connectivity index (χ3n) is 3.75. The van der Waals surface area contributed by atoms with Crippen molar-refractivity contribution in [3.8, 4) is 11.6 Å². The summed E-state index contributed by atoms with van der Waals surface area (Å²) < 4.78 is 5.38. The van der Waals surface area contributed by atoms with Gasteiger partial charge in [0.15, 0.2) is 0 Å². The Morgan fingerprint density at radius 3 is 2.81 bits per heavy atom. The quantitative estimate of drug-likeness (QED) is 0.787. The molecule has 104 valence electrons. The van der Waals surface area contributed by atoms with Crippen LogP contribution in [0.2, 0.25) is 0 Å². The molecule has 3 aromatic rings. The molecule has 0 fully saturated rings. The summed E-state index contributed by atoms with van der Waals surface area (Å²) in [5.74, 6) is 0.570. The number of oxazole rings is 1. The van der Waals surface area contributed by atoms with E-state index in [1.54, 1.807) is 12.5 Å². The highest BCUT2D eigenvalue weighted by molar-refractivity contribution is 5.69. The predicted molar refractivity (Wildman–Crippen MR) is 81.5 cm³/mol. The summed E-state index contributed by atoms with van der Waals surface area (Å²) >= 11 is 0. The van der Waals surface area contributed by atoms with Crippen molar-refractivity contribution in [2.24, 2.45) is 0 Å². The summed E-state index contributed by atoms with van der Waals surface area (Å²) in [6.07, 6.45) is 6.47. The fourth-order valence-corrected chi connectivity index (χ4v) is 2.79. The number of rotatable bonds is 3. The van der Waals surface area contributed by atoms with E-state index in [4.69, 9.17) is 9.40 Å². The molecule has 1 N–H and O–H groups in total. The molecule has 0 spiro atoms. The third-order valence-corrected chi connectivity index (χ3v) is 3.75. The molecular formula is C17H15N3O. The Bertz CT molecular complexity index is 751. The lowest BCUT2D eigenvalue weighted by Gasteiger charge is -2.12. The number of aromatic nitrogens is 2. The van der Waals surface area contributed by atoms with Crippen molar-refractivity contribution in [2.45, 2.75) is 19.3 Å². The highest BCUT2D eigenvalue weighted by Crippen LogP contribution is 2.33. The maximum Gasteiger partial charge on any atom is 0.245 e. The Kier molecular flexibility index (Phi) is 2.92. The summed E-state index contributed by atoms with van der Waals surface area (Å²) in [6, 6.07) is 12.2. The second-order valence-electron chi connectivity index (χ2n) is 5.16. The molecule has 4 heteroatoms. The standard InChI is InChI=1S/C17H15N3O/c1-2-5-12(6-3-1)19-15-11-16(17-18-9-10-21-17)20-14-8-4-7-13(14)15/h1-3,5-6,9-11H,4,7-8H2,(H,19,20). The molecule has 2 aromatic heterocycles. The van der Waals surface area contributed by atoms with E-state index >= 15 is 0 Å². The minimum atomic E-state index is 0.570. The summed E-state index contributed by atoms with van der Waals surface area (Å²) in [4.78, 5) is 8.90. The molecule has 2 heterocycles. The number of benzene rings is 1. The third kappa shape index (κ3) is 2.29. The van der Waals surface area contributed by atoms with E-state index in [0.29, 0.717) is 5.89 Å². The highest BCUT2D eigenvalue weighted by Gasteiger charge is 2.19. The molecule has 0 amide bonds. The number of anilines is 2. The Labute approximate surface area is 122 Å². The lowest BCUT2D eigenvalue weighted by molar-refractivity contribution is 0.572. The SMILES string of the molecule is c1ccc(Nc2cc(-c3ncco3)nc3c2CCC3)cc1. The Balaban J connectivity index is 1.78. The van der Waals surface area contributed by atoms with Gasteiger partial charge in [0.25, 0.3) is 0 Å². The molecule has 0 unspecified atom stereocenters. The van der Waals surface area contributed by atoms with Crippen LogP contribution >= 0.6 is 0 Å². The van der Waals surface area contributed by atoms with Gasteiger partial charge in [0, 0.05) is 17.1 Å². The largest absolute Gasteiger partial charge is 0.443 e. The summed E-state index contributed by atoms with van der Waals surface area (Å²) in [6.45, 7) is 0. The van der Waals surface area contributed by atoms with Gasteiger partial charge in [-0.3, -0.25) is 0 Å². The van der Waals surface area contributed by atoms with Crippen LogP contribution < -0.4 is 5.32 Å². The van der Waals surface area contributed by atoms with E-state index in [-0.39, 0.29) is 0 Å². The normalized spacial score (nSPS) is 13.1. The zero-order chi connectivity index (χ0) is 14.1. The number of hydrogen-bond donors (Lipinski definition) is 1. The minimum absolute atomic E-state index is 0.570. The van der Waals surface area contributed by atoms with Gasteiger partial charge in [-0.2, -0.15) is 0 Å². The first-order valence-corrected chi connectivity index (χ1v) is 7.15. The molecule has 0 radical (unpaired) electrons. The van der Waals surface area contributed by atoms with E-state index in [9.17, 15) is 0 Å². The molecule has 1 aliphatic carbocycles. The van der Waals surface area contributed by atoms with Gasteiger partial charge in [-0.15, -0.1) is 0 Å². The average Bonchev–Trinajstić information content (AvgIpc) is 3.19. The summed E-state index contributed by atoms with van der Waals surface area (Å²) in [5, 5.41) is 3.50. The van der Waals surface area contributed by atoms with Crippen LogP contribution in [-0.4, -0.2) is 9.97 Å². The Morgan fingerprint density at radius 1 is 1.10 bits per heavy atom. The van der Waals surface area contributed by atoms with Crippen molar-refractivity contribution in [1.29, 1.82) is 0 Å². The lowest BCUT2D eigenvalue weighted by Crippen LogP contribution is -1.99.